The van der Waals surface area contributed by atoms with Gasteiger partial charge in [-0.05, 0) is 42.9 Å². The molecule has 1 heterocycles. The van der Waals surface area contributed by atoms with Crippen molar-refractivity contribution in [3.05, 3.63) is 29.6 Å². The molecule has 2 N–H and O–H groups in total. The van der Waals surface area contributed by atoms with Crippen LogP contribution in [0.25, 0.3) is 0 Å². The van der Waals surface area contributed by atoms with E-state index in [-0.39, 0.29) is 17.6 Å². The van der Waals surface area contributed by atoms with Crippen LogP contribution in [-0.2, 0) is 4.74 Å². The monoisotopic (exact) mass is 253 g/mol. The smallest absolute Gasteiger partial charge is 0.165 e. The van der Waals surface area contributed by atoms with Crippen molar-refractivity contribution < 1.29 is 13.9 Å². The van der Waals surface area contributed by atoms with Gasteiger partial charge in [0.05, 0.1) is 7.11 Å². The highest BCUT2D eigenvalue weighted by Crippen LogP contribution is 2.28. The number of hydrogen-bond donors (Lipinski definition) is 1. The first-order valence-electron chi connectivity index (χ1n) is 6.37. The Hall–Kier alpha value is -1.13. The lowest BCUT2D eigenvalue weighted by atomic mass is 9.90. The van der Waals surface area contributed by atoms with Crippen molar-refractivity contribution in [3.63, 3.8) is 0 Å². The van der Waals surface area contributed by atoms with E-state index in [4.69, 9.17) is 15.2 Å². The molecule has 1 aliphatic heterocycles. The van der Waals surface area contributed by atoms with Crippen molar-refractivity contribution in [2.75, 3.05) is 20.3 Å². The first-order valence-corrected chi connectivity index (χ1v) is 6.37. The van der Waals surface area contributed by atoms with Crippen molar-refractivity contribution in [1.82, 2.24) is 0 Å². The third kappa shape index (κ3) is 3.21. The topological polar surface area (TPSA) is 44.5 Å². The molecular formula is C14H20FNO2. The summed E-state index contributed by atoms with van der Waals surface area (Å²) in [6.45, 7) is 1.65. The summed E-state index contributed by atoms with van der Waals surface area (Å²) >= 11 is 0. The number of hydrogen-bond acceptors (Lipinski definition) is 3. The fourth-order valence-electron chi connectivity index (χ4n) is 2.38. The second-order valence-electron chi connectivity index (χ2n) is 4.79. The van der Waals surface area contributed by atoms with Gasteiger partial charge in [-0.1, -0.05) is 6.07 Å². The van der Waals surface area contributed by atoms with Gasteiger partial charge in [0.1, 0.15) is 0 Å². The van der Waals surface area contributed by atoms with E-state index in [1.165, 1.54) is 13.2 Å². The van der Waals surface area contributed by atoms with Crippen LogP contribution in [0.5, 0.6) is 5.75 Å². The molecule has 1 fully saturated rings. The van der Waals surface area contributed by atoms with Gasteiger partial charge in [0.2, 0.25) is 0 Å². The molecule has 100 valence electrons. The lowest BCUT2D eigenvalue weighted by Crippen LogP contribution is -2.21. The lowest BCUT2D eigenvalue weighted by molar-refractivity contribution is 0.0618. The molecule has 2 rings (SSSR count). The maximum absolute atomic E-state index is 13.3. The minimum absolute atomic E-state index is 0.0670. The zero-order valence-electron chi connectivity index (χ0n) is 10.7. The first-order chi connectivity index (χ1) is 8.70. The Morgan fingerprint density at radius 1 is 1.44 bits per heavy atom. The Labute approximate surface area is 107 Å². The van der Waals surface area contributed by atoms with Gasteiger partial charge >= 0.3 is 0 Å². The normalized spacial score (nSPS) is 18.6. The predicted octanol–water partition coefficient (Wildman–Crippen LogP) is 2.65. The van der Waals surface area contributed by atoms with Gasteiger partial charge in [-0.3, -0.25) is 0 Å². The molecule has 1 atom stereocenters. The Kier molecular flexibility index (Phi) is 4.55. The van der Waals surface area contributed by atoms with Gasteiger partial charge in [-0.2, -0.15) is 0 Å². The summed E-state index contributed by atoms with van der Waals surface area (Å²) in [5.74, 6) is 0.513. The summed E-state index contributed by atoms with van der Waals surface area (Å²) in [6.07, 6.45) is 3.04. The molecule has 0 spiro atoms. The van der Waals surface area contributed by atoms with E-state index in [0.717, 1.165) is 38.0 Å². The number of benzene rings is 1. The first kappa shape index (κ1) is 13.3. The maximum atomic E-state index is 13.3. The van der Waals surface area contributed by atoms with E-state index >= 15 is 0 Å². The molecule has 0 radical (unpaired) electrons. The Balaban J connectivity index is 2.01. The summed E-state index contributed by atoms with van der Waals surface area (Å²) < 4.78 is 23.6. The van der Waals surface area contributed by atoms with Crippen LogP contribution in [0.15, 0.2) is 18.2 Å². The molecule has 0 aromatic heterocycles. The van der Waals surface area contributed by atoms with Crippen LogP contribution in [-0.4, -0.2) is 20.3 Å². The Morgan fingerprint density at radius 3 is 2.83 bits per heavy atom. The zero-order valence-corrected chi connectivity index (χ0v) is 10.7. The second-order valence-corrected chi connectivity index (χ2v) is 4.79. The van der Waals surface area contributed by atoms with Crippen LogP contribution >= 0.6 is 0 Å². The second kappa shape index (κ2) is 6.16. The molecule has 1 aromatic carbocycles. The van der Waals surface area contributed by atoms with Crippen LogP contribution in [0.2, 0.25) is 0 Å². The SMILES string of the molecule is COc1cc(C(N)CC2CCOCC2)ccc1F. The highest BCUT2D eigenvalue weighted by atomic mass is 19.1. The molecule has 3 nitrogen and oxygen atoms in total. The van der Waals surface area contributed by atoms with Crippen LogP contribution in [0, 0.1) is 11.7 Å². The Bertz CT molecular complexity index is 391. The third-order valence-corrected chi connectivity index (χ3v) is 3.53. The number of nitrogens with two attached hydrogens (primary N) is 1. The molecule has 0 aliphatic carbocycles. The molecule has 1 saturated heterocycles. The van der Waals surface area contributed by atoms with Crippen molar-refractivity contribution in [2.45, 2.75) is 25.3 Å². The van der Waals surface area contributed by atoms with Crippen molar-refractivity contribution in [3.8, 4) is 5.75 Å². The van der Waals surface area contributed by atoms with Gasteiger partial charge in [-0.15, -0.1) is 0 Å². The molecule has 0 bridgehead atoms. The molecule has 18 heavy (non-hydrogen) atoms. The van der Waals surface area contributed by atoms with E-state index in [1.807, 2.05) is 0 Å². The summed E-state index contributed by atoms with van der Waals surface area (Å²) in [5.41, 5.74) is 7.11. The quantitative estimate of drug-likeness (QED) is 0.897. The lowest BCUT2D eigenvalue weighted by Gasteiger charge is -2.25. The average molecular weight is 253 g/mol. The fraction of sp³-hybridized carbons (Fsp3) is 0.571. The van der Waals surface area contributed by atoms with E-state index in [9.17, 15) is 4.39 Å². The van der Waals surface area contributed by atoms with Crippen LogP contribution in [0.3, 0.4) is 0 Å². The highest BCUT2D eigenvalue weighted by Gasteiger charge is 2.18. The molecule has 1 aliphatic rings. The zero-order chi connectivity index (χ0) is 13.0. The van der Waals surface area contributed by atoms with Gasteiger partial charge in [0, 0.05) is 19.3 Å². The largest absolute Gasteiger partial charge is 0.494 e. The maximum Gasteiger partial charge on any atom is 0.165 e. The van der Waals surface area contributed by atoms with E-state index in [0.29, 0.717) is 5.92 Å². The molecule has 0 amide bonds. The average Bonchev–Trinajstić information content (AvgIpc) is 2.40. The van der Waals surface area contributed by atoms with Crippen LogP contribution < -0.4 is 10.5 Å². The van der Waals surface area contributed by atoms with E-state index in [2.05, 4.69) is 0 Å². The van der Waals surface area contributed by atoms with Gasteiger partial charge in [0.15, 0.2) is 11.6 Å². The number of rotatable bonds is 4. The standard InChI is InChI=1S/C14H20FNO2/c1-17-14-9-11(2-3-12(14)15)13(16)8-10-4-6-18-7-5-10/h2-3,9-10,13H,4-8,16H2,1H3. The van der Waals surface area contributed by atoms with E-state index < -0.39 is 0 Å². The predicted molar refractivity (Wildman–Crippen MR) is 68.0 cm³/mol. The summed E-state index contributed by atoms with van der Waals surface area (Å²) in [6, 6.07) is 4.78. The molecule has 1 unspecified atom stereocenters. The Morgan fingerprint density at radius 2 is 2.17 bits per heavy atom. The van der Waals surface area contributed by atoms with Crippen molar-refractivity contribution >= 4 is 0 Å². The minimum Gasteiger partial charge on any atom is -0.494 e. The summed E-state index contributed by atoms with van der Waals surface area (Å²) in [4.78, 5) is 0. The number of halogens is 1. The van der Waals surface area contributed by atoms with Crippen LogP contribution in [0.1, 0.15) is 30.9 Å². The van der Waals surface area contributed by atoms with Gasteiger partial charge in [-0.25, -0.2) is 4.39 Å². The fourth-order valence-corrected chi connectivity index (χ4v) is 2.38. The molecule has 4 heteroatoms. The summed E-state index contributed by atoms with van der Waals surface area (Å²) in [5, 5.41) is 0. The number of ether oxygens (including phenoxy) is 2. The molecular weight excluding hydrogens is 233 g/mol. The van der Waals surface area contributed by atoms with Gasteiger partial charge in [0.25, 0.3) is 0 Å². The van der Waals surface area contributed by atoms with E-state index in [1.54, 1.807) is 12.1 Å². The minimum atomic E-state index is -0.348. The summed E-state index contributed by atoms with van der Waals surface area (Å²) in [7, 11) is 1.46. The van der Waals surface area contributed by atoms with Crippen molar-refractivity contribution in [2.24, 2.45) is 11.7 Å². The number of methoxy groups -OCH3 is 1. The highest BCUT2D eigenvalue weighted by molar-refractivity contribution is 5.32. The van der Waals surface area contributed by atoms with Gasteiger partial charge < -0.3 is 15.2 Å². The van der Waals surface area contributed by atoms with Crippen molar-refractivity contribution in [1.29, 1.82) is 0 Å². The van der Waals surface area contributed by atoms with Crippen LogP contribution in [0.4, 0.5) is 4.39 Å². The molecule has 0 saturated carbocycles. The third-order valence-electron chi connectivity index (χ3n) is 3.53. The molecule has 1 aromatic rings.